The molecule has 1 aromatic heterocycles. The fourth-order valence-corrected chi connectivity index (χ4v) is 4.21. The molecule has 3 N–H and O–H groups in total. The zero-order valence-electron chi connectivity index (χ0n) is 17.1. The van der Waals surface area contributed by atoms with Crippen LogP contribution in [0, 0.1) is 6.92 Å². The Bertz CT molecular complexity index is 877. The van der Waals surface area contributed by atoms with E-state index >= 15 is 0 Å². The largest absolute Gasteiger partial charge is 0.507 e. The third kappa shape index (κ3) is 3.82. The molecular formula is C22H29N3O4. The molecule has 29 heavy (non-hydrogen) atoms. The molecule has 3 heterocycles. The van der Waals surface area contributed by atoms with Crippen LogP contribution in [-0.2, 0) is 21.7 Å². The third-order valence-corrected chi connectivity index (χ3v) is 5.91. The first-order chi connectivity index (χ1) is 14.0. The van der Waals surface area contributed by atoms with Gasteiger partial charge in [0.15, 0.2) is 5.82 Å². The number of aliphatic hydroxyl groups excluding tert-OH is 1. The summed E-state index contributed by atoms with van der Waals surface area (Å²) in [7, 11) is 1.82. The van der Waals surface area contributed by atoms with E-state index in [1.54, 1.807) is 6.07 Å². The first-order valence-electron chi connectivity index (χ1n) is 10.3. The van der Waals surface area contributed by atoms with Crippen molar-refractivity contribution in [1.82, 2.24) is 10.2 Å². The number of ether oxygens (including phenoxy) is 2. The number of fused-ring (bicyclic) bond motifs is 2. The first-order valence-corrected chi connectivity index (χ1v) is 10.3. The highest BCUT2D eigenvalue weighted by molar-refractivity contribution is 5.74. The number of aromatic nitrogens is 2. The molecule has 0 unspecified atom stereocenters. The van der Waals surface area contributed by atoms with Gasteiger partial charge in [-0.2, -0.15) is 0 Å². The lowest BCUT2D eigenvalue weighted by molar-refractivity contribution is -0.209. The molecule has 1 saturated carbocycles. The minimum Gasteiger partial charge on any atom is -0.507 e. The Kier molecular flexibility index (Phi) is 5.72. The van der Waals surface area contributed by atoms with E-state index in [4.69, 9.17) is 14.6 Å². The van der Waals surface area contributed by atoms with Crippen LogP contribution in [0.5, 0.6) is 5.75 Å². The second-order valence-corrected chi connectivity index (χ2v) is 8.09. The molecule has 1 saturated heterocycles. The van der Waals surface area contributed by atoms with Crippen LogP contribution < -0.4 is 5.32 Å². The van der Waals surface area contributed by atoms with Crippen LogP contribution in [0.4, 0.5) is 5.82 Å². The smallest absolute Gasteiger partial charge is 0.155 e. The summed E-state index contributed by atoms with van der Waals surface area (Å²) in [6, 6.07) is 5.55. The number of aromatic hydroxyl groups is 1. The van der Waals surface area contributed by atoms with Crippen LogP contribution in [-0.4, -0.2) is 46.8 Å². The molecule has 3 aliphatic rings. The molecule has 1 spiro atoms. The van der Waals surface area contributed by atoms with E-state index < -0.39 is 5.60 Å². The van der Waals surface area contributed by atoms with Gasteiger partial charge in [-0.15, -0.1) is 10.2 Å². The molecule has 2 aliphatic heterocycles. The zero-order chi connectivity index (χ0) is 20.4. The topological polar surface area (TPSA) is 96.7 Å². The van der Waals surface area contributed by atoms with Crippen LogP contribution in [0.25, 0.3) is 11.3 Å². The van der Waals surface area contributed by atoms with Gasteiger partial charge in [-0.25, -0.2) is 0 Å². The molecule has 0 atom stereocenters. The Hall–Kier alpha value is -2.22. The number of aryl methyl sites for hydroxylation is 1. The molecule has 1 aliphatic carbocycles. The van der Waals surface area contributed by atoms with Crippen molar-refractivity contribution in [3.63, 3.8) is 0 Å². The Morgan fingerprint density at radius 2 is 1.90 bits per heavy atom. The molecule has 1 aromatic carbocycles. The first kappa shape index (κ1) is 20.1. The lowest BCUT2D eigenvalue weighted by Crippen LogP contribution is -2.46. The minimum atomic E-state index is -0.418. The highest BCUT2D eigenvalue weighted by atomic mass is 16.6. The SMILES string of the molecule is CNc1nnc(-c2ccc(C)cc2O)c2c1C1(COC1)OC2.OC1CCCCC1. The molecule has 0 radical (unpaired) electrons. The normalized spacial score (nSPS) is 19.8. The van der Waals surface area contributed by atoms with Gasteiger partial charge in [0, 0.05) is 23.7 Å². The predicted molar refractivity (Wildman–Crippen MR) is 110 cm³/mol. The van der Waals surface area contributed by atoms with E-state index in [1.165, 1.54) is 19.3 Å². The summed E-state index contributed by atoms with van der Waals surface area (Å²) in [4.78, 5) is 0. The van der Waals surface area contributed by atoms with Crippen molar-refractivity contribution in [3.8, 4) is 17.0 Å². The van der Waals surface area contributed by atoms with Gasteiger partial charge in [-0.3, -0.25) is 0 Å². The Morgan fingerprint density at radius 3 is 2.45 bits per heavy atom. The van der Waals surface area contributed by atoms with Crippen molar-refractivity contribution in [2.75, 3.05) is 25.6 Å². The highest BCUT2D eigenvalue weighted by Crippen LogP contribution is 2.48. The van der Waals surface area contributed by atoms with E-state index in [0.29, 0.717) is 36.9 Å². The third-order valence-electron chi connectivity index (χ3n) is 5.91. The van der Waals surface area contributed by atoms with Gasteiger partial charge in [0.05, 0.1) is 25.9 Å². The molecule has 7 nitrogen and oxygen atoms in total. The number of nitrogens with zero attached hydrogens (tertiary/aromatic N) is 2. The predicted octanol–water partition coefficient (Wildman–Crippen LogP) is 3.27. The number of nitrogens with one attached hydrogen (secondary N) is 1. The summed E-state index contributed by atoms with van der Waals surface area (Å²) < 4.78 is 11.3. The quantitative estimate of drug-likeness (QED) is 0.713. The van der Waals surface area contributed by atoms with E-state index in [-0.39, 0.29) is 11.9 Å². The van der Waals surface area contributed by atoms with Gasteiger partial charge in [0.1, 0.15) is 17.0 Å². The molecule has 2 aromatic rings. The number of hydrogen-bond acceptors (Lipinski definition) is 7. The van der Waals surface area contributed by atoms with Crippen molar-refractivity contribution < 1.29 is 19.7 Å². The molecule has 0 bridgehead atoms. The van der Waals surface area contributed by atoms with E-state index in [2.05, 4.69) is 15.5 Å². The van der Waals surface area contributed by atoms with Crippen molar-refractivity contribution >= 4 is 5.82 Å². The molecular weight excluding hydrogens is 370 g/mol. The lowest BCUT2D eigenvalue weighted by Gasteiger charge is -2.38. The highest BCUT2D eigenvalue weighted by Gasteiger charge is 2.50. The number of anilines is 1. The summed E-state index contributed by atoms with van der Waals surface area (Å²) in [5.41, 5.74) is 3.91. The fraction of sp³-hybridized carbons (Fsp3) is 0.545. The van der Waals surface area contributed by atoms with Crippen LogP contribution in [0.2, 0.25) is 0 Å². The van der Waals surface area contributed by atoms with Crippen molar-refractivity contribution in [2.45, 2.75) is 57.3 Å². The van der Waals surface area contributed by atoms with Gasteiger partial charge in [-0.1, -0.05) is 25.3 Å². The summed E-state index contributed by atoms with van der Waals surface area (Å²) in [6.45, 7) is 3.44. The Balaban J connectivity index is 0.000000249. The minimum absolute atomic E-state index is 0.0359. The van der Waals surface area contributed by atoms with E-state index in [1.807, 2.05) is 26.1 Å². The van der Waals surface area contributed by atoms with Crippen LogP contribution >= 0.6 is 0 Å². The van der Waals surface area contributed by atoms with Crippen molar-refractivity contribution in [3.05, 3.63) is 34.9 Å². The number of rotatable bonds is 2. The standard InChI is InChI=1S/C16H17N3O3.C6H12O/c1-9-3-4-10(12(20)5-9)14-11-6-22-16(7-21-8-16)13(11)15(17-2)19-18-14;7-6-4-2-1-3-5-6/h3-5,20H,6-8H2,1-2H3,(H,17,19);6-7H,1-5H2. The maximum absolute atomic E-state index is 10.3. The molecule has 0 amide bonds. The lowest BCUT2D eigenvalue weighted by atomic mass is 9.89. The van der Waals surface area contributed by atoms with Gasteiger partial charge in [0.25, 0.3) is 0 Å². The molecule has 7 heteroatoms. The van der Waals surface area contributed by atoms with Gasteiger partial charge >= 0.3 is 0 Å². The van der Waals surface area contributed by atoms with Crippen molar-refractivity contribution in [1.29, 1.82) is 0 Å². The summed E-state index contributed by atoms with van der Waals surface area (Å²) in [5.74, 6) is 0.922. The van der Waals surface area contributed by atoms with Crippen LogP contribution in [0.15, 0.2) is 18.2 Å². The summed E-state index contributed by atoms with van der Waals surface area (Å²) in [6.07, 6.45) is 5.92. The van der Waals surface area contributed by atoms with Crippen LogP contribution in [0.1, 0.15) is 48.8 Å². The average Bonchev–Trinajstić information content (AvgIpc) is 3.10. The number of phenols is 1. The van der Waals surface area contributed by atoms with Gasteiger partial charge in [-0.05, 0) is 37.5 Å². The zero-order valence-corrected chi connectivity index (χ0v) is 17.1. The second-order valence-electron chi connectivity index (χ2n) is 8.09. The van der Waals surface area contributed by atoms with Crippen LogP contribution in [0.3, 0.4) is 0 Å². The number of aliphatic hydroxyl groups is 1. The Morgan fingerprint density at radius 1 is 1.14 bits per heavy atom. The molecule has 156 valence electrons. The number of hydrogen-bond donors (Lipinski definition) is 3. The second kappa shape index (κ2) is 8.26. The van der Waals surface area contributed by atoms with Gasteiger partial charge in [0.2, 0.25) is 0 Å². The fourth-order valence-electron chi connectivity index (χ4n) is 4.21. The maximum atomic E-state index is 10.3. The maximum Gasteiger partial charge on any atom is 0.155 e. The van der Waals surface area contributed by atoms with Gasteiger partial charge < -0.3 is 25.0 Å². The summed E-state index contributed by atoms with van der Waals surface area (Å²) in [5, 5.41) is 30.8. The summed E-state index contributed by atoms with van der Waals surface area (Å²) >= 11 is 0. The van der Waals surface area contributed by atoms with E-state index in [0.717, 1.165) is 29.5 Å². The van der Waals surface area contributed by atoms with Crippen molar-refractivity contribution in [2.24, 2.45) is 0 Å². The number of benzene rings is 1. The molecule has 2 fully saturated rings. The molecule has 5 rings (SSSR count). The Labute approximate surface area is 171 Å². The monoisotopic (exact) mass is 399 g/mol. The average molecular weight is 399 g/mol. The number of phenolic OH excluding ortho intramolecular Hbond substituents is 1. The van der Waals surface area contributed by atoms with E-state index in [9.17, 15) is 5.11 Å².